The first kappa shape index (κ1) is 13.3. The molecule has 2 heterocycles. The summed E-state index contributed by atoms with van der Waals surface area (Å²) in [6.07, 6.45) is 3.60. The molecule has 0 bridgehead atoms. The lowest BCUT2D eigenvalue weighted by molar-refractivity contribution is 0.0656. The lowest BCUT2D eigenvalue weighted by atomic mass is 10.3. The molecule has 0 saturated carbocycles. The third-order valence-corrected chi connectivity index (χ3v) is 4.09. The summed E-state index contributed by atoms with van der Waals surface area (Å²) >= 11 is 0. The van der Waals surface area contributed by atoms with E-state index in [0.29, 0.717) is 6.42 Å². The Morgan fingerprint density at radius 2 is 2.21 bits per heavy atom. The van der Waals surface area contributed by atoms with Gasteiger partial charge >= 0.3 is 5.97 Å². The molecular formula is C11H12N2O5S. The van der Waals surface area contributed by atoms with Crippen molar-refractivity contribution in [3.8, 4) is 0 Å². The predicted molar refractivity (Wildman–Crippen MR) is 64.6 cm³/mol. The number of hydrogen-bond donors (Lipinski definition) is 1. The van der Waals surface area contributed by atoms with Gasteiger partial charge in [-0.3, -0.25) is 4.68 Å². The minimum Gasteiger partial charge on any atom is -0.475 e. The van der Waals surface area contributed by atoms with Crippen LogP contribution in [0.2, 0.25) is 0 Å². The van der Waals surface area contributed by atoms with Crippen molar-refractivity contribution in [2.75, 3.05) is 5.75 Å². The number of sulfone groups is 1. The van der Waals surface area contributed by atoms with Gasteiger partial charge in [-0.15, -0.1) is 0 Å². The van der Waals surface area contributed by atoms with E-state index in [-0.39, 0.29) is 16.6 Å². The van der Waals surface area contributed by atoms with Crippen LogP contribution in [0.3, 0.4) is 0 Å². The van der Waals surface area contributed by atoms with Gasteiger partial charge in [0.25, 0.3) is 0 Å². The maximum atomic E-state index is 11.9. The van der Waals surface area contributed by atoms with Crippen LogP contribution in [0, 0.1) is 0 Å². The fourth-order valence-electron chi connectivity index (χ4n) is 1.56. The molecule has 2 aromatic rings. The monoisotopic (exact) mass is 284 g/mol. The van der Waals surface area contributed by atoms with Crippen molar-refractivity contribution in [2.45, 2.75) is 11.5 Å². The summed E-state index contributed by atoms with van der Waals surface area (Å²) in [5.74, 6) is -1.85. The SMILES string of the molecule is Cn1cc(CCS(=O)(=O)c2ccc(C(=O)O)o2)cn1. The minimum absolute atomic E-state index is 0.161. The molecule has 2 aromatic heterocycles. The maximum absolute atomic E-state index is 11.9. The number of carboxylic acid groups (broad SMARTS) is 1. The molecule has 0 radical (unpaired) electrons. The van der Waals surface area contributed by atoms with E-state index in [1.165, 1.54) is 0 Å². The average Bonchev–Trinajstić information content (AvgIpc) is 2.95. The highest BCUT2D eigenvalue weighted by molar-refractivity contribution is 7.91. The molecule has 0 spiro atoms. The number of carbonyl (C=O) groups is 1. The van der Waals surface area contributed by atoms with Gasteiger partial charge in [0.05, 0.1) is 11.9 Å². The highest BCUT2D eigenvalue weighted by Crippen LogP contribution is 2.16. The Bertz CT molecular complexity index is 698. The van der Waals surface area contributed by atoms with Gasteiger partial charge in [0.1, 0.15) is 0 Å². The Morgan fingerprint density at radius 1 is 1.47 bits per heavy atom. The van der Waals surface area contributed by atoms with Gasteiger partial charge in [-0.25, -0.2) is 13.2 Å². The fraction of sp³-hybridized carbons (Fsp3) is 0.273. The average molecular weight is 284 g/mol. The van der Waals surface area contributed by atoms with Crippen LogP contribution in [0.1, 0.15) is 16.1 Å². The van der Waals surface area contributed by atoms with Crippen molar-refractivity contribution >= 4 is 15.8 Å². The van der Waals surface area contributed by atoms with Crippen LogP contribution in [0.5, 0.6) is 0 Å². The van der Waals surface area contributed by atoms with Gasteiger partial charge in [-0.1, -0.05) is 0 Å². The summed E-state index contributed by atoms with van der Waals surface area (Å²) in [6, 6.07) is 2.28. The maximum Gasteiger partial charge on any atom is 0.371 e. The van der Waals surface area contributed by atoms with E-state index in [9.17, 15) is 13.2 Å². The molecule has 1 N–H and O–H groups in total. The Hall–Kier alpha value is -2.09. The first-order chi connectivity index (χ1) is 8.88. The summed E-state index contributed by atoms with van der Waals surface area (Å²) in [6.45, 7) is 0. The molecule has 0 amide bonds. The van der Waals surface area contributed by atoms with Gasteiger partial charge in [0, 0.05) is 13.2 Å². The topological polar surface area (TPSA) is 102 Å². The van der Waals surface area contributed by atoms with Crippen LogP contribution >= 0.6 is 0 Å². The Kier molecular flexibility index (Phi) is 3.43. The number of nitrogens with zero attached hydrogens (tertiary/aromatic N) is 2. The summed E-state index contributed by atoms with van der Waals surface area (Å²) in [7, 11) is -1.89. The summed E-state index contributed by atoms with van der Waals surface area (Å²) in [4.78, 5) is 10.6. The number of aromatic carboxylic acids is 1. The first-order valence-electron chi connectivity index (χ1n) is 5.42. The smallest absolute Gasteiger partial charge is 0.371 e. The molecule has 0 fully saturated rings. The summed E-state index contributed by atoms with van der Waals surface area (Å²) < 4.78 is 30.2. The third-order valence-electron chi connectivity index (χ3n) is 2.52. The Labute approximate surface area is 109 Å². The molecule has 0 aliphatic heterocycles. The summed E-state index contributed by atoms with van der Waals surface area (Å²) in [5, 5.41) is 12.3. The lowest BCUT2D eigenvalue weighted by Gasteiger charge is -1.99. The van der Waals surface area contributed by atoms with Crippen molar-refractivity contribution in [1.82, 2.24) is 9.78 Å². The van der Waals surface area contributed by atoms with E-state index in [1.54, 1.807) is 24.1 Å². The molecule has 0 aliphatic carbocycles. The molecule has 0 aliphatic rings. The largest absolute Gasteiger partial charge is 0.475 e. The van der Waals surface area contributed by atoms with Crippen molar-refractivity contribution in [3.05, 3.63) is 35.9 Å². The van der Waals surface area contributed by atoms with Gasteiger partial charge < -0.3 is 9.52 Å². The highest BCUT2D eigenvalue weighted by atomic mass is 32.2. The van der Waals surface area contributed by atoms with Crippen molar-refractivity contribution in [3.63, 3.8) is 0 Å². The lowest BCUT2D eigenvalue weighted by Crippen LogP contribution is -2.08. The van der Waals surface area contributed by atoms with Crippen LogP contribution in [0.15, 0.2) is 34.0 Å². The zero-order chi connectivity index (χ0) is 14.0. The van der Waals surface area contributed by atoms with Crippen LogP contribution in [-0.4, -0.2) is 35.0 Å². The third kappa shape index (κ3) is 3.02. The van der Waals surface area contributed by atoms with Gasteiger partial charge in [-0.2, -0.15) is 5.10 Å². The molecule has 0 aromatic carbocycles. The molecule has 7 nitrogen and oxygen atoms in total. The predicted octanol–water partition coefficient (Wildman–Crippen LogP) is 0.728. The fourth-order valence-corrected chi connectivity index (χ4v) is 2.75. The van der Waals surface area contributed by atoms with Crippen LogP contribution < -0.4 is 0 Å². The Balaban J connectivity index is 2.11. The van der Waals surface area contributed by atoms with Gasteiger partial charge in [-0.05, 0) is 24.1 Å². The number of carboxylic acids is 1. The number of furan rings is 1. The standard InChI is InChI=1S/C11H12N2O5S/c1-13-7-8(6-12-13)4-5-19(16,17)10-3-2-9(18-10)11(14)15/h2-3,6-7H,4-5H2,1H3,(H,14,15). The molecule has 0 unspecified atom stereocenters. The second-order valence-corrected chi connectivity index (χ2v) is 6.06. The molecule has 0 atom stereocenters. The van der Waals surface area contributed by atoms with Crippen molar-refractivity contribution < 1.29 is 22.7 Å². The Morgan fingerprint density at radius 3 is 2.74 bits per heavy atom. The van der Waals surface area contributed by atoms with Gasteiger partial charge in [0.2, 0.25) is 20.7 Å². The van der Waals surface area contributed by atoms with Crippen LogP contribution in [0.4, 0.5) is 0 Å². The van der Waals surface area contributed by atoms with Crippen LogP contribution in [0.25, 0.3) is 0 Å². The molecular weight excluding hydrogens is 272 g/mol. The van der Waals surface area contributed by atoms with E-state index in [1.807, 2.05) is 0 Å². The molecule has 102 valence electrons. The normalized spacial score (nSPS) is 11.6. The second-order valence-electron chi connectivity index (χ2n) is 4.01. The van der Waals surface area contributed by atoms with E-state index >= 15 is 0 Å². The molecule has 19 heavy (non-hydrogen) atoms. The van der Waals surface area contributed by atoms with E-state index in [2.05, 4.69) is 5.10 Å². The van der Waals surface area contributed by atoms with Gasteiger partial charge in [0.15, 0.2) is 0 Å². The number of rotatable bonds is 5. The zero-order valence-electron chi connectivity index (χ0n) is 10.1. The van der Waals surface area contributed by atoms with E-state index in [4.69, 9.17) is 9.52 Å². The van der Waals surface area contributed by atoms with Crippen molar-refractivity contribution in [1.29, 1.82) is 0 Å². The van der Waals surface area contributed by atoms with E-state index in [0.717, 1.165) is 17.7 Å². The van der Waals surface area contributed by atoms with Crippen molar-refractivity contribution in [2.24, 2.45) is 7.05 Å². The first-order valence-corrected chi connectivity index (χ1v) is 7.07. The number of aromatic nitrogens is 2. The van der Waals surface area contributed by atoms with E-state index < -0.39 is 15.8 Å². The quantitative estimate of drug-likeness (QED) is 0.868. The number of hydrogen-bond acceptors (Lipinski definition) is 5. The summed E-state index contributed by atoms with van der Waals surface area (Å²) in [5.41, 5.74) is 0.788. The number of aryl methyl sites for hydroxylation is 2. The van der Waals surface area contributed by atoms with Crippen LogP contribution in [-0.2, 0) is 23.3 Å². The second kappa shape index (κ2) is 4.88. The zero-order valence-corrected chi connectivity index (χ0v) is 10.9. The highest BCUT2D eigenvalue weighted by Gasteiger charge is 2.21. The molecule has 8 heteroatoms. The minimum atomic E-state index is -3.63. The molecule has 0 saturated heterocycles. The molecule has 2 rings (SSSR count).